The van der Waals surface area contributed by atoms with Gasteiger partial charge in [-0.2, -0.15) is 0 Å². The summed E-state index contributed by atoms with van der Waals surface area (Å²) in [4.78, 5) is 19.2. The van der Waals surface area contributed by atoms with Crippen molar-refractivity contribution in [2.24, 2.45) is 0 Å². The highest BCUT2D eigenvalue weighted by Crippen LogP contribution is 2.03. The smallest absolute Gasteiger partial charge is 0.330 e. The highest BCUT2D eigenvalue weighted by Gasteiger charge is 1.91. The topological polar surface area (TPSA) is 115 Å². The van der Waals surface area contributed by atoms with E-state index in [1.807, 2.05) is 0 Å². The number of hydrogen-bond acceptors (Lipinski definition) is 4. The second-order valence-corrected chi connectivity index (χ2v) is 4.74. The van der Waals surface area contributed by atoms with Crippen LogP contribution in [0.1, 0.15) is 52.4 Å². The Morgan fingerprint density at radius 2 is 0.864 bits per heavy atom. The van der Waals surface area contributed by atoms with Crippen molar-refractivity contribution in [3.05, 3.63) is 24.3 Å². The fraction of sp³-hybridized carbons (Fsp3) is 0.625. The lowest BCUT2D eigenvalue weighted by atomic mass is 10.1. The van der Waals surface area contributed by atoms with Crippen LogP contribution in [0.2, 0.25) is 0 Å². The van der Waals surface area contributed by atoms with Crippen molar-refractivity contribution in [2.45, 2.75) is 52.4 Å². The van der Waals surface area contributed by atoms with Crippen LogP contribution in [0.3, 0.4) is 0 Å². The normalized spacial score (nSPS) is 8.73. The van der Waals surface area contributed by atoms with Crippen LogP contribution in [0, 0.1) is 0 Å². The zero-order valence-electron chi connectivity index (χ0n) is 13.7. The molecular formula is C16H30O6. The van der Waals surface area contributed by atoms with Crippen LogP contribution in [0.25, 0.3) is 0 Å². The first-order valence-corrected chi connectivity index (χ1v) is 7.20. The average Bonchev–Trinajstić information content (AvgIpc) is 2.44. The number of aliphatic hydroxyl groups is 2. The van der Waals surface area contributed by atoms with Gasteiger partial charge in [-0.3, -0.25) is 0 Å². The second kappa shape index (κ2) is 19.3. The van der Waals surface area contributed by atoms with Gasteiger partial charge in [0.25, 0.3) is 0 Å². The Balaban J connectivity index is -0.000000261. The molecule has 0 aliphatic rings. The molecule has 0 heterocycles. The molecule has 4 N–H and O–H groups in total. The third kappa shape index (κ3) is 31.0. The van der Waals surface area contributed by atoms with E-state index < -0.39 is 11.9 Å². The van der Waals surface area contributed by atoms with Crippen molar-refractivity contribution in [3.8, 4) is 0 Å². The van der Waals surface area contributed by atoms with E-state index in [2.05, 4.69) is 13.2 Å². The number of aliphatic hydroxyl groups excluding tert-OH is 2. The molecule has 130 valence electrons. The Morgan fingerprint density at radius 3 is 1.00 bits per heavy atom. The largest absolute Gasteiger partial charge is 0.478 e. The molecular weight excluding hydrogens is 288 g/mol. The molecule has 6 nitrogen and oxygen atoms in total. The van der Waals surface area contributed by atoms with Crippen LogP contribution in [-0.4, -0.2) is 45.6 Å². The molecule has 0 bridgehead atoms. The van der Waals surface area contributed by atoms with E-state index in [9.17, 15) is 9.59 Å². The summed E-state index contributed by atoms with van der Waals surface area (Å²) in [6.07, 6.45) is 6.50. The molecule has 0 fully saturated rings. The summed E-state index contributed by atoms with van der Waals surface area (Å²) < 4.78 is 0. The maximum absolute atomic E-state index is 9.60. The number of aliphatic carboxylic acids is 2. The number of carbonyl (C=O) groups is 2. The molecule has 0 aromatic heterocycles. The molecule has 0 saturated heterocycles. The van der Waals surface area contributed by atoms with Gasteiger partial charge in [0.15, 0.2) is 0 Å². The minimum atomic E-state index is -0.935. The molecule has 0 atom stereocenters. The first-order chi connectivity index (χ1) is 10.2. The molecule has 22 heavy (non-hydrogen) atoms. The number of unbranched alkanes of at least 4 members (excludes halogenated alkanes) is 5. The van der Waals surface area contributed by atoms with Gasteiger partial charge in [0, 0.05) is 24.4 Å². The van der Waals surface area contributed by atoms with E-state index >= 15 is 0 Å². The van der Waals surface area contributed by atoms with Gasteiger partial charge in [0.1, 0.15) is 0 Å². The number of rotatable bonds is 9. The van der Waals surface area contributed by atoms with E-state index in [0.29, 0.717) is 13.2 Å². The van der Waals surface area contributed by atoms with Crippen molar-refractivity contribution < 1.29 is 30.0 Å². The Morgan fingerprint density at radius 1 is 0.682 bits per heavy atom. The third-order valence-electron chi connectivity index (χ3n) is 2.30. The van der Waals surface area contributed by atoms with Crippen LogP contribution >= 0.6 is 0 Å². The monoisotopic (exact) mass is 318 g/mol. The minimum absolute atomic E-state index is 0.176. The Bertz CT molecular complexity index is 267. The Labute approximate surface area is 132 Å². The van der Waals surface area contributed by atoms with Crippen LogP contribution < -0.4 is 0 Å². The Kier molecular flexibility index (Phi) is 22.2. The predicted molar refractivity (Wildman–Crippen MR) is 86.8 cm³/mol. The summed E-state index contributed by atoms with van der Waals surface area (Å²) in [5.41, 5.74) is 0.352. The molecule has 0 radical (unpaired) electrons. The maximum atomic E-state index is 9.60. The lowest BCUT2D eigenvalue weighted by molar-refractivity contribution is -0.133. The van der Waals surface area contributed by atoms with E-state index in [0.717, 1.165) is 25.7 Å². The summed E-state index contributed by atoms with van der Waals surface area (Å²) in [7, 11) is 0. The standard InChI is InChI=1S/C8H18O2.2C4H6O2/c9-7-5-3-1-2-4-6-8-10;2*1-3(2)4(5)6/h9-10H,1-8H2;2*1H2,2H3,(H,5,6). The molecule has 0 aliphatic heterocycles. The van der Waals surface area contributed by atoms with Crippen molar-refractivity contribution in [3.63, 3.8) is 0 Å². The fourth-order valence-corrected chi connectivity index (χ4v) is 0.931. The van der Waals surface area contributed by atoms with Crippen molar-refractivity contribution in [1.82, 2.24) is 0 Å². The number of carboxylic acids is 2. The average molecular weight is 318 g/mol. The first kappa shape index (κ1) is 25.3. The zero-order chi connectivity index (χ0) is 18.0. The molecule has 0 saturated carbocycles. The minimum Gasteiger partial charge on any atom is -0.478 e. The van der Waals surface area contributed by atoms with Gasteiger partial charge in [0.2, 0.25) is 0 Å². The van der Waals surface area contributed by atoms with Gasteiger partial charge in [-0.15, -0.1) is 0 Å². The molecule has 0 amide bonds. The first-order valence-electron chi connectivity index (χ1n) is 7.20. The van der Waals surface area contributed by atoms with E-state index in [4.69, 9.17) is 20.4 Å². The molecule has 0 rings (SSSR count). The van der Waals surface area contributed by atoms with Crippen molar-refractivity contribution in [1.29, 1.82) is 0 Å². The van der Waals surface area contributed by atoms with Crippen LogP contribution in [0.5, 0.6) is 0 Å². The SMILES string of the molecule is C=C(C)C(=O)O.C=C(C)C(=O)O.OCCCCCCCCO. The number of hydrogen-bond donors (Lipinski definition) is 4. The summed E-state index contributed by atoms with van der Waals surface area (Å²) >= 11 is 0. The highest BCUT2D eigenvalue weighted by molar-refractivity contribution is 5.85. The lowest BCUT2D eigenvalue weighted by Gasteiger charge is -1.97. The highest BCUT2D eigenvalue weighted by atomic mass is 16.4. The van der Waals surface area contributed by atoms with E-state index in [1.54, 1.807) is 0 Å². The van der Waals surface area contributed by atoms with E-state index in [1.165, 1.54) is 26.7 Å². The van der Waals surface area contributed by atoms with Crippen LogP contribution in [-0.2, 0) is 9.59 Å². The molecule has 0 aromatic rings. The van der Waals surface area contributed by atoms with Crippen molar-refractivity contribution >= 4 is 11.9 Å². The van der Waals surface area contributed by atoms with Gasteiger partial charge in [-0.25, -0.2) is 9.59 Å². The van der Waals surface area contributed by atoms with Gasteiger partial charge >= 0.3 is 11.9 Å². The quantitative estimate of drug-likeness (QED) is 0.384. The summed E-state index contributed by atoms with van der Waals surface area (Å²) in [5.74, 6) is -1.87. The number of carboxylic acid groups (broad SMARTS) is 2. The molecule has 6 heteroatoms. The summed E-state index contributed by atoms with van der Waals surface area (Å²) in [6.45, 7) is 9.84. The summed E-state index contributed by atoms with van der Waals surface area (Å²) in [5, 5.41) is 32.6. The molecule has 0 aliphatic carbocycles. The molecule has 0 unspecified atom stereocenters. The molecule has 0 aromatic carbocycles. The molecule has 0 spiro atoms. The zero-order valence-corrected chi connectivity index (χ0v) is 13.7. The third-order valence-corrected chi connectivity index (χ3v) is 2.30. The maximum Gasteiger partial charge on any atom is 0.330 e. The summed E-state index contributed by atoms with van der Waals surface area (Å²) in [6, 6.07) is 0. The lowest BCUT2D eigenvalue weighted by Crippen LogP contribution is -1.92. The van der Waals surface area contributed by atoms with Gasteiger partial charge in [0.05, 0.1) is 0 Å². The van der Waals surface area contributed by atoms with Gasteiger partial charge < -0.3 is 20.4 Å². The van der Waals surface area contributed by atoms with Crippen LogP contribution in [0.15, 0.2) is 24.3 Å². The second-order valence-electron chi connectivity index (χ2n) is 4.74. The van der Waals surface area contributed by atoms with E-state index in [-0.39, 0.29) is 11.1 Å². The predicted octanol–water partition coefficient (Wildman–Crippen LogP) is 2.61. The van der Waals surface area contributed by atoms with Crippen molar-refractivity contribution in [2.75, 3.05) is 13.2 Å². The van der Waals surface area contributed by atoms with Gasteiger partial charge in [-0.1, -0.05) is 38.8 Å². The fourth-order valence-electron chi connectivity index (χ4n) is 0.931. The Hall–Kier alpha value is -1.66. The van der Waals surface area contributed by atoms with Gasteiger partial charge in [-0.05, 0) is 26.7 Å². The van der Waals surface area contributed by atoms with Crippen LogP contribution in [0.4, 0.5) is 0 Å².